The number of carbonyl (C=O) groups excluding carboxylic acids is 1. The Balaban J connectivity index is 2.50. The summed E-state index contributed by atoms with van der Waals surface area (Å²) in [6, 6.07) is -0.136. The topological polar surface area (TPSA) is 41.6 Å². The van der Waals surface area contributed by atoms with Crippen molar-refractivity contribution < 1.29 is 9.53 Å². The van der Waals surface area contributed by atoms with E-state index in [2.05, 4.69) is 5.32 Å². The molecular weight excluding hydrogens is 180 g/mol. The van der Waals surface area contributed by atoms with Gasteiger partial charge >= 0.3 is 5.97 Å². The Morgan fingerprint density at radius 1 is 1.50 bits per heavy atom. The number of esters is 1. The lowest BCUT2D eigenvalue weighted by Gasteiger charge is -2.33. The summed E-state index contributed by atoms with van der Waals surface area (Å²) < 4.78 is 5.33. The third kappa shape index (κ3) is 3.27. The highest BCUT2D eigenvalue weighted by Gasteiger charge is 2.29. The smallest absolute Gasteiger partial charge is 0.325 e. The molecule has 1 rings (SSSR count). The van der Waals surface area contributed by atoms with Crippen LogP contribution in [0.2, 0.25) is 0 Å². The van der Waals surface area contributed by atoms with Crippen molar-refractivity contribution in [3.8, 4) is 0 Å². The van der Waals surface area contributed by atoms with Crippen LogP contribution in [0.15, 0.2) is 0 Å². The van der Waals surface area contributed by atoms with Crippen molar-refractivity contribution in [3.05, 3.63) is 0 Å². The summed E-state index contributed by atoms with van der Waals surface area (Å²) in [5.74, 6) is -0.132. The Hall–Kier alpha value is -0.610. The van der Waals surface area contributed by atoms with E-state index in [1.807, 2.05) is 32.7 Å². The Bertz CT molecular complexity index is 211. The molecule has 1 fully saturated rings. The minimum atomic E-state index is -0.393. The molecule has 0 unspecified atom stereocenters. The Morgan fingerprint density at radius 2 is 2.14 bits per heavy atom. The number of nitrogens with zero attached hydrogens (tertiary/aromatic N) is 1. The molecule has 0 aromatic heterocycles. The zero-order valence-corrected chi connectivity index (χ0v) is 9.46. The molecule has 1 N–H and O–H groups in total. The van der Waals surface area contributed by atoms with E-state index in [0.29, 0.717) is 6.54 Å². The fraction of sp³-hybridized carbons (Fsp3) is 0.900. The molecule has 0 bridgehead atoms. The first-order valence-corrected chi connectivity index (χ1v) is 5.04. The van der Waals surface area contributed by atoms with Crippen molar-refractivity contribution in [3.63, 3.8) is 0 Å². The van der Waals surface area contributed by atoms with Crippen molar-refractivity contribution in [1.82, 2.24) is 10.2 Å². The summed E-state index contributed by atoms with van der Waals surface area (Å²) in [5, 5.41) is 3.19. The second-order valence-electron chi connectivity index (χ2n) is 4.73. The molecule has 0 aliphatic carbocycles. The number of piperazine rings is 1. The first kappa shape index (κ1) is 11.5. The van der Waals surface area contributed by atoms with E-state index in [1.54, 1.807) is 0 Å². The van der Waals surface area contributed by atoms with Crippen LogP contribution in [0, 0.1) is 0 Å². The van der Waals surface area contributed by atoms with Crippen molar-refractivity contribution >= 4 is 5.97 Å². The average Bonchev–Trinajstić information content (AvgIpc) is 2.01. The number of likely N-dealkylation sites (N-methyl/N-ethyl adjacent to an activating group) is 1. The van der Waals surface area contributed by atoms with Gasteiger partial charge in [-0.2, -0.15) is 0 Å². The molecule has 14 heavy (non-hydrogen) atoms. The summed E-state index contributed by atoms with van der Waals surface area (Å²) >= 11 is 0. The van der Waals surface area contributed by atoms with Crippen LogP contribution in [0.25, 0.3) is 0 Å². The third-order valence-electron chi connectivity index (χ3n) is 2.19. The van der Waals surface area contributed by atoms with E-state index in [0.717, 1.165) is 13.1 Å². The fourth-order valence-corrected chi connectivity index (χ4v) is 1.44. The van der Waals surface area contributed by atoms with Gasteiger partial charge in [0.25, 0.3) is 0 Å². The van der Waals surface area contributed by atoms with Gasteiger partial charge in [0.1, 0.15) is 11.6 Å². The fourth-order valence-electron chi connectivity index (χ4n) is 1.44. The normalized spacial score (nSPS) is 24.7. The van der Waals surface area contributed by atoms with Gasteiger partial charge in [-0.3, -0.25) is 9.69 Å². The molecule has 0 saturated carbocycles. The van der Waals surface area contributed by atoms with Gasteiger partial charge in [0.05, 0.1) is 0 Å². The van der Waals surface area contributed by atoms with Crippen molar-refractivity contribution in [2.45, 2.75) is 32.4 Å². The number of carbonyl (C=O) groups is 1. The first-order valence-electron chi connectivity index (χ1n) is 5.04. The van der Waals surface area contributed by atoms with Crippen molar-refractivity contribution in [2.75, 3.05) is 26.7 Å². The number of hydrogen-bond acceptors (Lipinski definition) is 4. The quantitative estimate of drug-likeness (QED) is 0.615. The Morgan fingerprint density at radius 3 is 2.64 bits per heavy atom. The van der Waals surface area contributed by atoms with Crippen LogP contribution < -0.4 is 5.32 Å². The molecule has 1 atom stereocenters. The highest BCUT2D eigenvalue weighted by atomic mass is 16.6. The van der Waals surface area contributed by atoms with Crippen molar-refractivity contribution in [2.24, 2.45) is 0 Å². The average molecular weight is 200 g/mol. The van der Waals surface area contributed by atoms with Gasteiger partial charge in [0.2, 0.25) is 0 Å². The number of ether oxygens (including phenoxy) is 1. The summed E-state index contributed by atoms with van der Waals surface area (Å²) in [6.45, 7) is 8.19. The van der Waals surface area contributed by atoms with E-state index in [9.17, 15) is 4.79 Å². The maximum Gasteiger partial charge on any atom is 0.325 e. The van der Waals surface area contributed by atoms with Crippen LogP contribution in [-0.2, 0) is 9.53 Å². The SMILES string of the molecule is CN1CCNC[C@H]1C(=O)OC(C)(C)C. The summed E-state index contributed by atoms with van der Waals surface area (Å²) in [4.78, 5) is 13.8. The van der Waals surface area contributed by atoms with Gasteiger partial charge in [0.15, 0.2) is 0 Å². The second kappa shape index (κ2) is 4.28. The molecule has 1 aliphatic rings. The largest absolute Gasteiger partial charge is 0.459 e. The van der Waals surface area contributed by atoms with E-state index >= 15 is 0 Å². The summed E-state index contributed by atoms with van der Waals surface area (Å²) in [6.07, 6.45) is 0. The summed E-state index contributed by atoms with van der Waals surface area (Å²) in [7, 11) is 1.95. The van der Waals surface area contributed by atoms with Crippen LogP contribution in [0.3, 0.4) is 0 Å². The van der Waals surface area contributed by atoms with E-state index in [-0.39, 0.29) is 12.0 Å². The Labute approximate surface area is 85.6 Å². The molecule has 0 radical (unpaired) electrons. The minimum Gasteiger partial charge on any atom is -0.459 e. The molecule has 1 saturated heterocycles. The highest BCUT2D eigenvalue weighted by molar-refractivity contribution is 5.76. The highest BCUT2D eigenvalue weighted by Crippen LogP contribution is 2.11. The van der Waals surface area contributed by atoms with Crippen LogP contribution in [0.5, 0.6) is 0 Å². The summed E-state index contributed by atoms with van der Waals surface area (Å²) in [5.41, 5.74) is -0.393. The van der Waals surface area contributed by atoms with Gasteiger partial charge in [-0.1, -0.05) is 0 Å². The van der Waals surface area contributed by atoms with Gasteiger partial charge in [-0.25, -0.2) is 0 Å². The molecule has 0 amide bonds. The maximum absolute atomic E-state index is 11.7. The lowest BCUT2D eigenvalue weighted by atomic mass is 10.1. The van der Waals surface area contributed by atoms with E-state index in [4.69, 9.17) is 4.74 Å². The van der Waals surface area contributed by atoms with E-state index < -0.39 is 5.60 Å². The van der Waals surface area contributed by atoms with Crippen LogP contribution in [-0.4, -0.2) is 49.2 Å². The van der Waals surface area contributed by atoms with Gasteiger partial charge in [-0.05, 0) is 27.8 Å². The monoisotopic (exact) mass is 200 g/mol. The third-order valence-corrected chi connectivity index (χ3v) is 2.19. The standard InChI is InChI=1S/C10H20N2O2/c1-10(2,3)14-9(13)8-7-11-5-6-12(8)4/h8,11H,5-7H2,1-4H3/t8-/m0/s1. The molecule has 4 heteroatoms. The van der Waals surface area contributed by atoms with Gasteiger partial charge in [0, 0.05) is 19.6 Å². The lowest BCUT2D eigenvalue weighted by molar-refractivity contribution is -0.161. The number of nitrogens with one attached hydrogen (secondary N) is 1. The van der Waals surface area contributed by atoms with Crippen LogP contribution in [0.4, 0.5) is 0 Å². The van der Waals surface area contributed by atoms with Crippen LogP contribution >= 0.6 is 0 Å². The molecule has 1 aliphatic heterocycles. The number of hydrogen-bond donors (Lipinski definition) is 1. The molecular formula is C10H20N2O2. The Kier molecular flexibility index (Phi) is 3.50. The van der Waals surface area contributed by atoms with Crippen molar-refractivity contribution in [1.29, 1.82) is 0 Å². The van der Waals surface area contributed by atoms with Gasteiger partial charge < -0.3 is 10.1 Å². The van der Waals surface area contributed by atoms with E-state index in [1.165, 1.54) is 0 Å². The maximum atomic E-state index is 11.7. The molecule has 4 nitrogen and oxygen atoms in total. The molecule has 1 heterocycles. The minimum absolute atomic E-state index is 0.132. The predicted molar refractivity (Wildman–Crippen MR) is 55.1 cm³/mol. The predicted octanol–water partition coefficient (Wildman–Crippen LogP) is 0.232. The van der Waals surface area contributed by atoms with Gasteiger partial charge in [-0.15, -0.1) is 0 Å². The lowest BCUT2D eigenvalue weighted by Crippen LogP contribution is -2.54. The zero-order valence-electron chi connectivity index (χ0n) is 9.46. The number of rotatable bonds is 1. The zero-order chi connectivity index (χ0) is 10.8. The first-order chi connectivity index (χ1) is 6.40. The molecule has 0 aromatic rings. The van der Waals surface area contributed by atoms with Crippen LogP contribution in [0.1, 0.15) is 20.8 Å². The second-order valence-corrected chi connectivity index (χ2v) is 4.73. The molecule has 0 aromatic carbocycles. The molecule has 0 spiro atoms. The molecule has 82 valence electrons.